The van der Waals surface area contributed by atoms with Crippen molar-refractivity contribution in [1.29, 1.82) is 0 Å². The smallest absolute Gasteiger partial charge is 0.163 e. The summed E-state index contributed by atoms with van der Waals surface area (Å²) in [5.41, 5.74) is 1.15. The number of anilines is 1. The van der Waals surface area contributed by atoms with Crippen LogP contribution in [0, 0.1) is 11.8 Å². The molecule has 1 aromatic rings. The Morgan fingerprint density at radius 3 is 2.74 bits per heavy atom. The minimum atomic E-state index is 0.654. The summed E-state index contributed by atoms with van der Waals surface area (Å²) in [7, 11) is 1.68. The van der Waals surface area contributed by atoms with E-state index in [0.717, 1.165) is 29.0 Å². The molecule has 2 bridgehead atoms. The molecule has 3 heteroatoms. The number of methoxy groups -OCH3 is 1. The lowest BCUT2D eigenvalue weighted by molar-refractivity contribution is 0.311. The van der Waals surface area contributed by atoms with E-state index in [0.29, 0.717) is 12.6 Å². The van der Waals surface area contributed by atoms with Gasteiger partial charge in [0.05, 0.1) is 13.7 Å². The predicted molar refractivity (Wildman–Crippen MR) is 77.0 cm³/mol. The summed E-state index contributed by atoms with van der Waals surface area (Å²) >= 11 is 0. The Kier molecular flexibility index (Phi) is 3.54. The molecule has 0 aromatic heterocycles. The number of ether oxygens (including phenoxy) is 2. The Labute approximate surface area is 115 Å². The molecule has 3 unspecified atom stereocenters. The van der Waals surface area contributed by atoms with Crippen LogP contribution < -0.4 is 14.8 Å². The molecule has 2 aliphatic rings. The number of fused-ring (bicyclic) bond motifs is 2. The predicted octanol–water partition coefficient (Wildman–Crippen LogP) is 3.69. The lowest BCUT2D eigenvalue weighted by Gasteiger charge is -2.24. The molecule has 3 rings (SSSR count). The first-order valence-electron chi connectivity index (χ1n) is 7.37. The zero-order valence-electron chi connectivity index (χ0n) is 11.8. The zero-order valence-corrected chi connectivity index (χ0v) is 11.8. The third-order valence-electron chi connectivity index (χ3n) is 4.55. The fourth-order valence-electron chi connectivity index (χ4n) is 3.67. The molecule has 0 saturated heterocycles. The van der Waals surface area contributed by atoms with Gasteiger partial charge in [0.15, 0.2) is 11.5 Å². The van der Waals surface area contributed by atoms with Crippen LogP contribution in [-0.2, 0) is 0 Å². The van der Waals surface area contributed by atoms with Crippen molar-refractivity contribution in [1.82, 2.24) is 0 Å². The van der Waals surface area contributed by atoms with Gasteiger partial charge in [-0.2, -0.15) is 0 Å². The van der Waals surface area contributed by atoms with Gasteiger partial charge in [-0.15, -0.1) is 0 Å². The molecule has 3 nitrogen and oxygen atoms in total. The first kappa shape index (κ1) is 12.6. The maximum atomic E-state index is 5.63. The molecular formula is C16H23NO2. The Hall–Kier alpha value is -1.38. The molecule has 104 valence electrons. The molecular weight excluding hydrogens is 238 g/mol. The maximum Gasteiger partial charge on any atom is 0.163 e. The summed E-state index contributed by atoms with van der Waals surface area (Å²) < 4.78 is 10.9. The zero-order chi connectivity index (χ0) is 13.2. The fourth-order valence-corrected chi connectivity index (χ4v) is 3.67. The van der Waals surface area contributed by atoms with Crippen molar-refractivity contribution in [2.24, 2.45) is 11.8 Å². The highest BCUT2D eigenvalue weighted by atomic mass is 16.5. The lowest BCUT2D eigenvalue weighted by Crippen LogP contribution is -2.25. The highest BCUT2D eigenvalue weighted by Gasteiger charge is 2.39. The second-order valence-electron chi connectivity index (χ2n) is 5.72. The van der Waals surface area contributed by atoms with Crippen molar-refractivity contribution in [3.05, 3.63) is 18.2 Å². The van der Waals surface area contributed by atoms with Crippen LogP contribution in [0.1, 0.15) is 32.6 Å². The van der Waals surface area contributed by atoms with E-state index in [1.54, 1.807) is 7.11 Å². The molecule has 2 aliphatic carbocycles. The van der Waals surface area contributed by atoms with Crippen molar-refractivity contribution < 1.29 is 9.47 Å². The summed E-state index contributed by atoms with van der Waals surface area (Å²) in [4.78, 5) is 0. The third kappa shape index (κ3) is 2.51. The van der Waals surface area contributed by atoms with E-state index in [4.69, 9.17) is 9.47 Å². The molecule has 19 heavy (non-hydrogen) atoms. The normalized spacial score (nSPS) is 28.4. The summed E-state index contributed by atoms with van der Waals surface area (Å²) in [5.74, 6) is 3.48. The van der Waals surface area contributed by atoms with Gasteiger partial charge < -0.3 is 14.8 Å². The molecule has 0 amide bonds. The molecule has 2 saturated carbocycles. The Morgan fingerprint density at radius 2 is 2.11 bits per heavy atom. The minimum Gasteiger partial charge on any atom is -0.493 e. The van der Waals surface area contributed by atoms with Gasteiger partial charge in [-0.25, -0.2) is 0 Å². The second-order valence-corrected chi connectivity index (χ2v) is 5.72. The topological polar surface area (TPSA) is 30.5 Å². The first-order valence-corrected chi connectivity index (χ1v) is 7.37. The molecule has 3 atom stereocenters. The number of hydrogen-bond donors (Lipinski definition) is 1. The van der Waals surface area contributed by atoms with Crippen LogP contribution in [0.4, 0.5) is 5.69 Å². The molecule has 2 fully saturated rings. The Morgan fingerprint density at radius 1 is 1.21 bits per heavy atom. The Bertz CT molecular complexity index is 446. The maximum absolute atomic E-state index is 5.63. The van der Waals surface area contributed by atoms with E-state index in [2.05, 4.69) is 17.4 Å². The average molecular weight is 261 g/mol. The number of benzene rings is 1. The van der Waals surface area contributed by atoms with Gasteiger partial charge >= 0.3 is 0 Å². The van der Waals surface area contributed by atoms with Gasteiger partial charge in [0.1, 0.15) is 0 Å². The molecule has 0 spiro atoms. The van der Waals surface area contributed by atoms with Crippen molar-refractivity contribution in [3.63, 3.8) is 0 Å². The average Bonchev–Trinajstić information content (AvgIpc) is 3.02. The van der Waals surface area contributed by atoms with E-state index < -0.39 is 0 Å². The van der Waals surface area contributed by atoms with Crippen molar-refractivity contribution >= 4 is 5.69 Å². The third-order valence-corrected chi connectivity index (χ3v) is 4.55. The van der Waals surface area contributed by atoms with Gasteiger partial charge in [0, 0.05) is 17.8 Å². The van der Waals surface area contributed by atoms with Crippen LogP contribution in [-0.4, -0.2) is 19.8 Å². The van der Waals surface area contributed by atoms with E-state index in [1.165, 1.54) is 25.7 Å². The highest BCUT2D eigenvalue weighted by Crippen LogP contribution is 2.45. The highest BCUT2D eigenvalue weighted by molar-refractivity contribution is 5.55. The van der Waals surface area contributed by atoms with Crippen molar-refractivity contribution in [3.8, 4) is 11.5 Å². The lowest BCUT2D eigenvalue weighted by atomic mass is 9.95. The molecule has 1 aromatic carbocycles. The van der Waals surface area contributed by atoms with Crippen LogP contribution in [0.5, 0.6) is 11.5 Å². The second kappa shape index (κ2) is 5.32. The van der Waals surface area contributed by atoms with E-state index in [-0.39, 0.29) is 0 Å². The van der Waals surface area contributed by atoms with E-state index in [9.17, 15) is 0 Å². The van der Waals surface area contributed by atoms with Gasteiger partial charge in [-0.3, -0.25) is 0 Å². The quantitative estimate of drug-likeness (QED) is 0.876. The van der Waals surface area contributed by atoms with Gasteiger partial charge in [0.25, 0.3) is 0 Å². The SMILES string of the molecule is CCOc1cc(NC2CC3CCC2C3)ccc1OC. The van der Waals surface area contributed by atoms with Crippen molar-refractivity contribution in [2.75, 3.05) is 19.0 Å². The monoisotopic (exact) mass is 261 g/mol. The summed E-state index contributed by atoms with van der Waals surface area (Å²) in [6.45, 7) is 2.66. The van der Waals surface area contributed by atoms with Crippen LogP contribution >= 0.6 is 0 Å². The van der Waals surface area contributed by atoms with Crippen molar-refractivity contribution in [2.45, 2.75) is 38.6 Å². The fraction of sp³-hybridized carbons (Fsp3) is 0.625. The largest absolute Gasteiger partial charge is 0.493 e. The van der Waals surface area contributed by atoms with Crippen LogP contribution in [0.2, 0.25) is 0 Å². The minimum absolute atomic E-state index is 0.654. The summed E-state index contributed by atoms with van der Waals surface area (Å²) in [6, 6.07) is 6.80. The summed E-state index contributed by atoms with van der Waals surface area (Å²) in [5, 5.41) is 3.69. The van der Waals surface area contributed by atoms with Gasteiger partial charge in [0.2, 0.25) is 0 Å². The number of hydrogen-bond acceptors (Lipinski definition) is 3. The number of nitrogens with one attached hydrogen (secondary N) is 1. The standard InChI is InChI=1S/C16H23NO2/c1-3-19-16-10-13(6-7-15(16)18-2)17-14-9-11-4-5-12(14)8-11/h6-7,10-12,14,17H,3-5,8-9H2,1-2H3. The van der Waals surface area contributed by atoms with E-state index >= 15 is 0 Å². The van der Waals surface area contributed by atoms with Crippen LogP contribution in [0.15, 0.2) is 18.2 Å². The molecule has 0 heterocycles. The summed E-state index contributed by atoms with van der Waals surface area (Å²) in [6.07, 6.45) is 5.60. The molecule has 1 N–H and O–H groups in total. The molecule has 0 radical (unpaired) electrons. The van der Waals surface area contributed by atoms with Crippen LogP contribution in [0.25, 0.3) is 0 Å². The van der Waals surface area contributed by atoms with Crippen LogP contribution in [0.3, 0.4) is 0 Å². The first-order chi connectivity index (χ1) is 9.30. The van der Waals surface area contributed by atoms with Gasteiger partial charge in [-0.05, 0) is 50.2 Å². The number of rotatable bonds is 5. The Balaban J connectivity index is 1.72. The molecule has 0 aliphatic heterocycles. The van der Waals surface area contributed by atoms with Gasteiger partial charge in [-0.1, -0.05) is 6.42 Å². The van der Waals surface area contributed by atoms with E-state index in [1.807, 2.05) is 13.0 Å².